The zero-order valence-corrected chi connectivity index (χ0v) is 13.0. The van der Waals surface area contributed by atoms with Crippen molar-refractivity contribution in [3.05, 3.63) is 42.2 Å². The van der Waals surface area contributed by atoms with E-state index < -0.39 is 0 Å². The van der Waals surface area contributed by atoms with Crippen LogP contribution in [0.3, 0.4) is 0 Å². The van der Waals surface area contributed by atoms with Crippen LogP contribution in [0, 0.1) is 0 Å². The van der Waals surface area contributed by atoms with E-state index in [1.165, 1.54) is 31.2 Å². The Hall–Kier alpha value is -1.90. The van der Waals surface area contributed by atoms with Crippen LogP contribution in [0.25, 0.3) is 11.3 Å². The van der Waals surface area contributed by atoms with Gasteiger partial charge in [-0.2, -0.15) is 0 Å². The fourth-order valence-corrected chi connectivity index (χ4v) is 2.29. The van der Waals surface area contributed by atoms with Crippen molar-refractivity contribution in [2.24, 2.45) is 0 Å². The summed E-state index contributed by atoms with van der Waals surface area (Å²) >= 11 is 0. The number of aromatic nitrogens is 2. The monoisotopic (exact) mass is 284 g/mol. The number of rotatable bonds is 8. The molecule has 0 N–H and O–H groups in total. The highest BCUT2D eigenvalue weighted by Crippen LogP contribution is 2.19. The molecule has 1 aromatic carbocycles. The Balaban J connectivity index is 1.94. The molecule has 1 aromatic heterocycles. The molecule has 0 fully saturated rings. The van der Waals surface area contributed by atoms with Gasteiger partial charge in [-0.15, -0.1) is 0 Å². The van der Waals surface area contributed by atoms with Crippen LogP contribution in [-0.4, -0.2) is 16.6 Å². The van der Waals surface area contributed by atoms with Gasteiger partial charge >= 0.3 is 0 Å². The number of hydrogen-bond donors (Lipinski definition) is 0. The molecule has 0 aliphatic heterocycles. The second-order valence-electron chi connectivity index (χ2n) is 5.18. The first kappa shape index (κ1) is 15.5. The van der Waals surface area contributed by atoms with Gasteiger partial charge in [-0.25, -0.2) is 9.97 Å². The second kappa shape index (κ2) is 8.40. The van der Waals surface area contributed by atoms with Crippen molar-refractivity contribution in [2.45, 2.75) is 46.0 Å². The van der Waals surface area contributed by atoms with Gasteiger partial charge in [0.1, 0.15) is 0 Å². The van der Waals surface area contributed by atoms with E-state index in [0.29, 0.717) is 12.5 Å². The highest BCUT2D eigenvalue weighted by Gasteiger charge is 2.02. The molecule has 112 valence electrons. The third-order valence-corrected chi connectivity index (χ3v) is 3.49. The van der Waals surface area contributed by atoms with Crippen LogP contribution < -0.4 is 4.74 Å². The maximum Gasteiger partial charge on any atom is 0.232 e. The van der Waals surface area contributed by atoms with Gasteiger partial charge in [0.25, 0.3) is 0 Å². The molecule has 0 bridgehead atoms. The molecule has 3 heteroatoms. The Morgan fingerprint density at radius 2 is 1.71 bits per heavy atom. The highest BCUT2D eigenvalue weighted by atomic mass is 16.5. The van der Waals surface area contributed by atoms with Crippen molar-refractivity contribution in [3.8, 4) is 17.1 Å². The molecule has 0 saturated carbocycles. The third kappa shape index (κ3) is 4.85. The number of nitrogens with zero attached hydrogens (tertiary/aromatic N) is 2. The van der Waals surface area contributed by atoms with Gasteiger partial charge in [-0.05, 0) is 25.3 Å². The molecular formula is C18H24N2O. The maximum atomic E-state index is 5.31. The Morgan fingerprint density at radius 3 is 2.33 bits per heavy atom. The quantitative estimate of drug-likeness (QED) is 0.661. The molecule has 0 aliphatic rings. The van der Waals surface area contributed by atoms with Crippen molar-refractivity contribution in [2.75, 3.05) is 6.61 Å². The van der Waals surface area contributed by atoms with E-state index in [1.807, 2.05) is 6.92 Å². The van der Waals surface area contributed by atoms with Gasteiger partial charge in [0.2, 0.25) is 5.88 Å². The average Bonchev–Trinajstić information content (AvgIpc) is 2.53. The van der Waals surface area contributed by atoms with Crippen LogP contribution >= 0.6 is 0 Å². The van der Waals surface area contributed by atoms with Crippen LogP contribution in [0.2, 0.25) is 0 Å². The lowest BCUT2D eigenvalue weighted by atomic mass is 10.0. The van der Waals surface area contributed by atoms with Crippen LogP contribution in [0.15, 0.2) is 36.7 Å². The van der Waals surface area contributed by atoms with Gasteiger partial charge < -0.3 is 4.74 Å². The Bertz CT molecular complexity index is 520. The summed E-state index contributed by atoms with van der Waals surface area (Å²) in [6.07, 6.45) is 9.82. The standard InChI is InChI=1S/C18H24N2O/c1-3-5-6-7-8-15-9-11-16(12-10-15)17-13-20-18(14-19-17)21-4-2/h9-14H,3-8H2,1-2H3. The third-order valence-electron chi connectivity index (χ3n) is 3.49. The molecule has 0 radical (unpaired) electrons. The molecule has 0 spiro atoms. The molecule has 2 aromatic rings. The number of ether oxygens (including phenoxy) is 1. The van der Waals surface area contributed by atoms with Crippen molar-refractivity contribution in [3.63, 3.8) is 0 Å². The number of unbranched alkanes of at least 4 members (excludes halogenated alkanes) is 3. The largest absolute Gasteiger partial charge is 0.477 e. The normalized spacial score (nSPS) is 10.6. The summed E-state index contributed by atoms with van der Waals surface area (Å²) in [5.41, 5.74) is 3.38. The molecule has 0 unspecified atom stereocenters. The molecule has 2 rings (SSSR count). The fourth-order valence-electron chi connectivity index (χ4n) is 2.29. The van der Waals surface area contributed by atoms with Crippen LogP contribution in [0.1, 0.15) is 45.1 Å². The molecule has 21 heavy (non-hydrogen) atoms. The lowest BCUT2D eigenvalue weighted by Gasteiger charge is -2.05. The fraction of sp³-hybridized carbons (Fsp3) is 0.444. The number of hydrogen-bond acceptors (Lipinski definition) is 3. The predicted molar refractivity (Wildman–Crippen MR) is 86.5 cm³/mol. The van der Waals surface area contributed by atoms with E-state index in [0.717, 1.165) is 17.7 Å². The van der Waals surface area contributed by atoms with Gasteiger partial charge in [-0.1, -0.05) is 50.5 Å². The Morgan fingerprint density at radius 1 is 0.905 bits per heavy atom. The molecule has 0 atom stereocenters. The number of aryl methyl sites for hydroxylation is 1. The van der Waals surface area contributed by atoms with Crippen LogP contribution in [-0.2, 0) is 6.42 Å². The number of benzene rings is 1. The molecule has 3 nitrogen and oxygen atoms in total. The maximum absolute atomic E-state index is 5.31. The van der Waals surface area contributed by atoms with E-state index in [9.17, 15) is 0 Å². The minimum Gasteiger partial charge on any atom is -0.477 e. The topological polar surface area (TPSA) is 35.0 Å². The molecule has 0 aliphatic carbocycles. The lowest BCUT2D eigenvalue weighted by molar-refractivity contribution is 0.325. The lowest BCUT2D eigenvalue weighted by Crippen LogP contribution is -1.95. The van der Waals surface area contributed by atoms with Gasteiger partial charge in [0.05, 0.1) is 24.7 Å². The van der Waals surface area contributed by atoms with E-state index >= 15 is 0 Å². The highest BCUT2D eigenvalue weighted by molar-refractivity contribution is 5.58. The summed E-state index contributed by atoms with van der Waals surface area (Å²) in [5.74, 6) is 0.578. The first-order valence-electron chi connectivity index (χ1n) is 7.87. The molecule has 0 amide bonds. The summed E-state index contributed by atoms with van der Waals surface area (Å²) in [7, 11) is 0. The summed E-state index contributed by atoms with van der Waals surface area (Å²) in [6, 6.07) is 8.64. The zero-order chi connectivity index (χ0) is 14.9. The molecule has 1 heterocycles. The average molecular weight is 284 g/mol. The van der Waals surface area contributed by atoms with E-state index in [1.54, 1.807) is 12.4 Å². The van der Waals surface area contributed by atoms with E-state index in [2.05, 4.69) is 41.2 Å². The zero-order valence-electron chi connectivity index (χ0n) is 13.0. The second-order valence-corrected chi connectivity index (χ2v) is 5.18. The Kier molecular flexibility index (Phi) is 6.20. The minimum atomic E-state index is 0.578. The molecule has 0 saturated heterocycles. The van der Waals surface area contributed by atoms with Gasteiger partial charge in [0, 0.05) is 5.56 Å². The summed E-state index contributed by atoms with van der Waals surface area (Å²) in [4.78, 5) is 8.65. The summed E-state index contributed by atoms with van der Waals surface area (Å²) in [6.45, 7) is 4.79. The van der Waals surface area contributed by atoms with Crippen molar-refractivity contribution in [1.82, 2.24) is 9.97 Å². The van der Waals surface area contributed by atoms with Crippen molar-refractivity contribution < 1.29 is 4.74 Å². The smallest absolute Gasteiger partial charge is 0.232 e. The van der Waals surface area contributed by atoms with Crippen LogP contribution in [0.5, 0.6) is 5.88 Å². The van der Waals surface area contributed by atoms with Crippen LogP contribution in [0.4, 0.5) is 0 Å². The van der Waals surface area contributed by atoms with E-state index in [4.69, 9.17) is 4.74 Å². The van der Waals surface area contributed by atoms with E-state index in [-0.39, 0.29) is 0 Å². The van der Waals surface area contributed by atoms with Gasteiger partial charge in [-0.3, -0.25) is 0 Å². The summed E-state index contributed by atoms with van der Waals surface area (Å²) in [5, 5.41) is 0. The first-order chi connectivity index (χ1) is 10.3. The SMILES string of the molecule is CCCCCCc1ccc(-c2cnc(OCC)cn2)cc1. The predicted octanol–water partition coefficient (Wildman–Crippen LogP) is 4.67. The van der Waals surface area contributed by atoms with Crippen molar-refractivity contribution >= 4 is 0 Å². The Labute approximate surface area is 127 Å². The minimum absolute atomic E-state index is 0.578. The first-order valence-corrected chi connectivity index (χ1v) is 7.87. The molecular weight excluding hydrogens is 260 g/mol. The van der Waals surface area contributed by atoms with Crippen molar-refractivity contribution in [1.29, 1.82) is 0 Å². The summed E-state index contributed by atoms with van der Waals surface area (Å²) < 4.78 is 5.31. The van der Waals surface area contributed by atoms with Gasteiger partial charge in [0.15, 0.2) is 0 Å².